The molecule has 2 aromatic rings. The lowest BCUT2D eigenvalue weighted by Crippen LogP contribution is -2.41. The summed E-state index contributed by atoms with van der Waals surface area (Å²) in [5, 5.41) is 5.41. The molecule has 128 valence electrons. The number of benzene rings is 1. The minimum Gasteiger partial charge on any atom is -0.459 e. The van der Waals surface area contributed by atoms with Crippen molar-refractivity contribution in [2.24, 2.45) is 0 Å². The minimum absolute atomic E-state index is 0.186. The number of carbonyl (C=O) groups excluding carboxylic acids is 2. The average Bonchev–Trinajstić information content (AvgIpc) is 3.11. The van der Waals surface area contributed by atoms with Crippen molar-refractivity contribution in [3.8, 4) is 0 Å². The van der Waals surface area contributed by atoms with Crippen LogP contribution in [-0.4, -0.2) is 17.9 Å². The number of aryl methyl sites for hydroxylation is 1. The first-order valence-electron chi connectivity index (χ1n) is 8.34. The Labute approximate surface area is 142 Å². The lowest BCUT2D eigenvalue weighted by Gasteiger charge is -2.13. The molecular formula is C19H24N2O3. The summed E-state index contributed by atoms with van der Waals surface area (Å²) in [6, 6.07) is 10.3. The maximum atomic E-state index is 12.2. The third-order valence-corrected chi connectivity index (χ3v) is 3.78. The zero-order chi connectivity index (χ0) is 17.4. The van der Waals surface area contributed by atoms with Gasteiger partial charge < -0.3 is 15.1 Å². The molecule has 1 heterocycles. The van der Waals surface area contributed by atoms with Crippen molar-refractivity contribution in [2.45, 2.75) is 45.6 Å². The highest BCUT2D eigenvalue weighted by atomic mass is 16.3. The van der Waals surface area contributed by atoms with Crippen LogP contribution in [0.1, 0.15) is 49.2 Å². The second-order valence-corrected chi connectivity index (χ2v) is 5.82. The molecular weight excluding hydrogens is 304 g/mol. The summed E-state index contributed by atoms with van der Waals surface area (Å²) in [5.74, 6) is -0.492. The lowest BCUT2D eigenvalue weighted by molar-refractivity contribution is -0.117. The smallest absolute Gasteiger partial charge is 0.287 e. The number of hydrogen-bond donors (Lipinski definition) is 2. The van der Waals surface area contributed by atoms with Gasteiger partial charge in [0.05, 0.1) is 6.26 Å². The third-order valence-electron chi connectivity index (χ3n) is 3.78. The second kappa shape index (κ2) is 8.91. The van der Waals surface area contributed by atoms with Crippen LogP contribution in [0.5, 0.6) is 0 Å². The highest BCUT2D eigenvalue weighted by Gasteiger charge is 2.18. The predicted molar refractivity (Wildman–Crippen MR) is 93.9 cm³/mol. The summed E-state index contributed by atoms with van der Waals surface area (Å²) in [4.78, 5) is 24.0. The van der Waals surface area contributed by atoms with Crippen molar-refractivity contribution >= 4 is 17.5 Å². The van der Waals surface area contributed by atoms with Crippen molar-refractivity contribution in [1.29, 1.82) is 0 Å². The highest BCUT2D eigenvalue weighted by Crippen LogP contribution is 2.12. The number of rotatable bonds is 8. The molecule has 0 aliphatic carbocycles. The van der Waals surface area contributed by atoms with Crippen LogP contribution in [-0.2, 0) is 11.2 Å². The van der Waals surface area contributed by atoms with Gasteiger partial charge in [0.1, 0.15) is 6.04 Å². The number of furan rings is 1. The Bertz CT molecular complexity index is 648. The number of unbranched alkanes of at least 4 members (excludes halogenated alkanes) is 2. The van der Waals surface area contributed by atoms with Gasteiger partial charge in [-0.2, -0.15) is 0 Å². The zero-order valence-electron chi connectivity index (χ0n) is 14.2. The standard InChI is InChI=1S/C19H24N2O3/c1-3-4-5-7-15-9-11-16(12-10-15)21-18(22)14(2)20-19(23)17-8-6-13-24-17/h6,8-14H,3-5,7H2,1-2H3,(H,20,23)(H,21,22). The normalized spacial score (nSPS) is 11.8. The number of carbonyl (C=O) groups is 2. The third kappa shape index (κ3) is 5.26. The summed E-state index contributed by atoms with van der Waals surface area (Å²) >= 11 is 0. The molecule has 0 fully saturated rings. The number of nitrogens with one attached hydrogen (secondary N) is 2. The SMILES string of the molecule is CCCCCc1ccc(NC(=O)C(C)NC(=O)c2ccco2)cc1. The molecule has 5 nitrogen and oxygen atoms in total. The number of amides is 2. The van der Waals surface area contributed by atoms with Crippen LogP contribution >= 0.6 is 0 Å². The van der Waals surface area contributed by atoms with Crippen LogP contribution in [0.15, 0.2) is 47.1 Å². The lowest BCUT2D eigenvalue weighted by atomic mass is 10.1. The Morgan fingerprint density at radius 2 is 1.88 bits per heavy atom. The minimum atomic E-state index is -0.660. The van der Waals surface area contributed by atoms with E-state index in [2.05, 4.69) is 17.6 Å². The molecule has 1 aromatic carbocycles. The van der Waals surface area contributed by atoms with E-state index in [0.717, 1.165) is 12.1 Å². The molecule has 0 aliphatic rings. The van der Waals surface area contributed by atoms with E-state index >= 15 is 0 Å². The van der Waals surface area contributed by atoms with Gasteiger partial charge in [-0.1, -0.05) is 31.9 Å². The maximum Gasteiger partial charge on any atom is 0.287 e. The van der Waals surface area contributed by atoms with E-state index in [9.17, 15) is 9.59 Å². The summed E-state index contributed by atoms with van der Waals surface area (Å²) in [7, 11) is 0. The Kier molecular flexibility index (Phi) is 6.61. The van der Waals surface area contributed by atoms with Crippen LogP contribution < -0.4 is 10.6 Å². The second-order valence-electron chi connectivity index (χ2n) is 5.82. The quantitative estimate of drug-likeness (QED) is 0.725. The van der Waals surface area contributed by atoms with E-state index in [4.69, 9.17) is 4.42 Å². The van der Waals surface area contributed by atoms with Gasteiger partial charge in [0.2, 0.25) is 5.91 Å². The van der Waals surface area contributed by atoms with Gasteiger partial charge in [-0.25, -0.2) is 0 Å². The van der Waals surface area contributed by atoms with Crippen molar-refractivity contribution in [1.82, 2.24) is 5.32 Å². The first kappa shape index (κ1) is 17.8. The molecule has 0 spiro atoms. The molecule has 0 saturated carbocycles. The fourth-order valence-electron chi connectivity index (χ4n) is 2.33. The van der Waals surface area contributed by atoms with Crippen LogP contribution in [0.3, 0.4) is 0 Å². The van der Waals surface area contributed by atoms with E-state index in [-0.39, 0.29) is 11.7 Å². The fraction of sp³-hybridized carbons (Fsp3) is 0.368. The van der Waals surface area contributed by atoms with Crippen molar-refractivity contribution < 1.29 is 14.0 Å². The molecule has 0 aliphatic heterocycles. The molecule has 1 unspecified atom stereocenters. The van der Waals surface area contributed by atoms with E-state index in [1.165, 1.54) is 31.1 Å². The topological polar surface area (TPSA) is 71.3 Å². The molecule has 0 radical (unpaired) electrons. The number of anilines is 1. The largest absolute Gasteiger partial charge is 0.459 e. The first-order chi connectivity index (χ1) is 11.6. The molecule has 1 atom stereocenters. The van der Waals surface area contributed by atoms with E-state index in [1.54, 1.807) is 19.1 Å². The van der Waals surface area contributed by atoms with Gasteiger partial charge in [-0.05, 0) is 49.6 Å². The molecule has 2 N–H and O–H groups in total. The highest BCUT2D eigenvalue weighted by molar-refractivity contribution is 5.99. The monoisotopic (exact) mass is 328 g/mol. The molecule has 0 saturated heterocycles. The molecule has 2 amide bonds. The van der Waals surface area contributed by atoms with Crippen molar-refractivity contribution in [2.75, 3.05) is 5.32 Å². The molecule has 5 heteroatoms. The molecule has 1 aromatic heterocycles. The fourth-order valence-corrected chi connectivity index (χ4v) is 2.33. The molecule has 0 bridgehead atoms. The van der Waals surface area contributed by atoms with Crippen molar-refractivity contribution in [3.63, 3.8) is 0 Å². The Morgan fingerprint density at radius 3 is 2.50 bits per heavy atom. The van der Waals surface area contributed by atoms with Crippen LogP contribution in [0.4, 0.5) is 5.69 Å². The van der Waals surface area contributed by atoms with Gasteiger partial charge in [-0.3, -0.25) is 9.59 Å². The maximum absolute atomic E-state index is 12.2. The Balaban J connectivity index is 1.83. The first-order valence-corrected chi connectivity index (χ1v) is 8.34. The molecule has 24 heavy (non-hydrogen) atoms. The summed E-state index contributed by atoms with van der Waals surface area (Å²) < 4.78 is 5.00. The summed E-state index contributed by atoms with van der Waals surface area (Å²) in [6.45, 7) is 3.82. The zero-order valence-corrected chi connectivity index (χ0v) is 14.2. The van der Waals surface area contributed by atoms with Crippen LogP contribution in [0, 0.1) is 0 Å². The van der Waals surface area contributed by atoms with E-state index in [0.29, 0.717) is 0 Å². The van der Waals surface area contributed by atoms with E-state index in [1.807, 2.05) is 24.3 Å². The number of hydrogen-bond acceptors (Lipinski definition) is 3. The summed E-state index contributed by atoms with van der Waals surface area (Å²) in [6.07, 6.45) is 6.08. The van der Waals surface area contributed by atoms with E-state index < -0.39 is 11.9 Å². The Morgan fingerprint density at radius 1 is 1.12 bits per heavy atom. The Hall–Kier alpha value is -2.56. The van der Waals surface area contributed by atoms with Gasteiger partial charge in [0.15, 0.2) is 5.76 Å². The summed E-state index contributed by atoms with van der Waals surface area (Å²) in [5.41, 5.74) is 1.99. The predicted octanol–water partition coefficient (Wildman–Crippen LogP) is 3.77. The van der Waals surface area contributed by atoms with Gasteiger partial charge >= 0.3 is 0 Å². The van der Waals surface area contributed by atoms with Gasteiger partial charge in [-0.15, -0.1) is 0 Å². The van der Waals surface area contributed by atoms with Crippen LogP contribution in [0.2, 0.25) is 0 Å². The average molecular weight is 328 g/mol. The van der Waals surface area contributed by atoms with Crippen molar-refractivity contribution in [3.05, 3.63) is 54.0 Å². The van der Waals surface area contributed by atoms with Crippen LogP contribution in [0.25, 0.3) is 0 Å². The van der Waals surface area contributed by atoms with Gasteiger partial charge in [0.25, 0.3) is 5.91 Å². The molecule has 2 rings (SSSR count). The van der Waals surface area contributed by atoms with Gasteiger partial charge in [0, 0.05) is 5.69 Å².